The highest BCUT2D eigenvalue weighted by Gasteiger charge is 2.81. The van der Waals surface area contributed by atoms with E-state index >= 15 is 4.79 Å². The maximum atomic E-state index is 16.6. The molecule has 1 aromatic carbocycles. The average molecular weight is 927 g/mol. The molecule has 0 unspecified atom stereocenters. The largest absolute Gasteiger partial charge is 0.543 e. The molecule has 1 spiro atoms. The van der Waals surface area contributed by atoms with Gasteiger partial charge in [0, 0.05) is 37.2 Å². The number of rotatable bonds is 18. The lowest BCUT2D eigenvalue weighted by molar-refractivity contribution is -0.350. The number of benzene rings is 1. The summed E-state index contributed by atoms with van der Waals surface area (Å²) in [6, 6.07) is 17.4. The minimum atomic E-state index is -2.61. The predicted octanol–water partition coefficient (Wildman–Crippen LogP) is 10.9. The molecule has 6 rings (SSSR count). The summed E-state index contributed by atoms with van der Waals surface area (Å²) >= 11 is 0. The number of ketones is 1. The van der Waals surface area contributed by atoms with Crippen LogP contribution >= 0.6 is 0 Å². The zero-order valence-corrected chi connectivity index (χ0v) is 44.1. The van der Waals surface area contributed by atoms with Crippen LogP contribution in [0.4, 0.5) is 0 Å². The van der Waals surface area contributed by atoms with E-state index in [0.29, 0.717) is 23.3 Å². The minimum Gasteiger partial charge on any atom is -0.543 e. The van der Waals surface area contributed by atoms with E-state index in [9.17, 15) is 9.59 Å². The van der Waals surface area contributed by atoms with Gasteiger partial charge in [0.2, 0.25) is 8.32 Å². The van der Waals surface area contributed by atoms with Crippen LogP contribution in [0.1, 0.15) is 116 Å². The quantitative estimate of drug-likeness (QED) is 0.103. The topological polar surface area (TPSA) is 125 Å². The van der Waals surface area contributed by atoms with Crippen LogP contribution in [0.5, 0.6) is 0 Å². The first-order chi connectivity index (χ1) is 29.7. The van der Waals surface area contributed by atoms with Gasteiger partial charge in [-0.2, -0.15) is 0 Å². The van der Waals surface area contributed by atoms with E-state index in [-0.39, 0.29) is 12.4 Å². The molecule has 2 bridgehead atoms. The second kappa shape index (κ2) is 18.0. The third kappa shape index (κ3) is 7.65. The van der Waals surface area contributed by atoms with E-state index in [4.69, 9.17) is 37.0 Å². The van der Waals surface area contributed by atoms with Gasteiger partial charge in [0.05, 0.1) is 18.1 Å². The molecule has 4 fully saturated rings. The van der Waals surface area contributed by atoms with Crippen LogP contribution in [-0.4, -0.2) is 84.9 Å². The molecule has 2 heterocycles. The van der Waals surface area contributed by atoms with Crippen LogP contribution in [0.3, 0.4) is 0 Å². The molecule has 2 aliphatic heterocycles. The Morgan fingerprint density at radius 3 is 1.81 bits per heavy atom. The van der Waals surface area contributed by atoms with Crippen molar-refractivity contribution < 1.29 is 51.3 Å². The highest BCUT2D eigenvalue weighted by Crippen LogP contribution is 2.69. The van der Waals surface area contributed by atoms with Gasteiger partial charge in [0.15, 0.2) is 34.1 Å². The van der Waals surface area contributed by atoms with Crippen molar-refractivity contribution in [3.63, 3.8) is 0 Å². The standard InChI is InChI=1S/C49H78O11Si3/c1-16-61(17-2,18-3)57-37-31-48-44(56-49(59-48,36-28-26-25-27-29-36)60-63(22-7,23-8)24-9)42-46(15,43(52)41(54-34(11)50)40(33(37)10)45(48,13)14)38(58-62(19-4,20-5)21-6)30-39-47(42,32-53-39)55-35(12)51/h25-29,31,38-39,41-42,44H,16-24,30,32H2,1-15H3/t38-,39+,41+,42-,44-,46+,47-,48+,49+/m0/s1. The Bertz CT molecular complexity index is 1910. The molecule has 1 aromatic rings. The fraction of sp³-hybridized carbons (Fsp3) is 0.735. The fourth-order valence-electron chi connectivity index (χ4n) is 12.3. The Kier molecular flexibility index (Phi) is 14.3. The SMILES string of the molecule is CC[Si](CC)(CC)OC1=C[C@@]23O[C@@](O[Si](CC)(CC)CC)(c4ccccc4)O[C@H]2[C@@H]2[C@]4(OC(C)=O)CO[C@@H]4C[C@H](O[Si](CC)(CC)CC)[C@@]2(C)C(=O)[C@H](OC(C)=O)C(=C1C)C3(C)C. The molecule has 5 aliphatic rings. The molecule has 0 aromatic heterocycles. The molecule has 14 heteroatoms. The molecule has 2 saturated carbocycles. The van der Waals surface area contributed by atoms with E-state index in [2.05, 4.69) is 82.2 Å². The number of esters is 2. The van der Waals surface area contributed by atoms with Crippen LogP contribution in [0.25, 0.3) is 0 Å². The van der Waals surface area contributed by atoms with Crippen LogP contribution in [0, 0.1) is 16.7 Å². The monoisotopic (exact) mass is 926 g/mol. The van der Waals surface area contributed by atoms with Crippen molar-refractivity contribution in [1.29, 1.82) is 0 Å². The van der Waals surface area contributed by atoms with Gasteiger partial charge < -0.3 is 37.0 Å². The van der Waals surface area contributed by atoms with Gasteiger partial charge in [-0.05, 0) is 85.5 Å². The summed E-state index contributed by atoms with van der Waals surface area (Å²) in [5, 5.41) is 0. The number of fused-ring (bicyclic) bond motifs is 5. The normalized spacial score (nSPS) is 33.8. The zero-order valence-electron chi connectivity index (χ0n) is 41.1. The number of hydrogen-bond donors (Lipinski definition) is 0. The number of carbonyl (C=O) groups is 3. The van der Waals surface area contributed by atoms with Crippen LogP contribution < -0.4 is 0 Å². The summed E-state index contributed by atoms with van der Waals surface area (Å²) in [4.78, 5) is 43.8. The third-order valence-electron chi connectivity index (χ3n) is 17.0. The molecule has 352 valence electrons. The number of Topliss-reactive ketones (excluding diaryl/α,β-unsaturated/α-hetero) is 1. The van der Waals surface area contributed by atoms with Crippen molar-refractivity contribution in [3.8, 4) is 0 Å². The Hall–Kier alpha value is -2.44. The van der Waals surface area contributed by atoms with E-state index in [0.717, 1.165) is 60.0 Å². The summed E-state index contributed by atoms with van der Waals surface area (Å²) in [6.07, 6.45) is -1.28. The fourth-order valence-corrected chi connectivity index (χ4v) is 20.5. The second-order valence-electron chi connectivity index (χ2n) is 19.8. The smallest absolute Gasteiger partial charge is 0.303 e. The molecule has 63 heavy (non-hydrogen) atoms. The van der Waals surface area contributed by atoms with Crippen molar-refractivity contribution in [2.75, 3.05) is 6.61 Å². The van der Waals surface area contributed by atoms with Gasteiger partial charge in [-0.3, -0.25) is 14.4 Å². The summed E-state index contributed by atoms with van der Waals surface area (Å²) in [5.74, 6) is -3.51. The third-order valence-corrected chi connectivity index (χ3v) is 30.8. The number of carbonyl (C=O) groups excluding carboxylic acids is 3. The van der Waals surface area contributed by atoms with E-state index < -0.39 is 95.2 Å². The van der Waals surface area contributed by atoms with Crippen LogP contribution in [0.2, 0.25) is 54.4 Å². The predicted molar refractivity (Wildman–Crippen MR) is 251 cm³/mol. The maximum Gasteiger partial charge on any atom is 0.303 e. The van der Waals surface area contributed by atoms with Gasteiger partial charge >= 0.3 is 17.9 Å². The van der Waals surface area contributed by atoms with Gasteiger partial charge in [0.25, 0.3) is 0 Å². The van der Waals surface area contributed by atoms with Crippen LogP contribution in [0.15, 0.2) is 53.3 Å². The summed E-state index contributed by atoms with van der Waals surface area (Å²) in [5.41, 5.74) is -3.37. The van der Waals surface area contributed by atoms with Crippen molar-refractivity contribution in [2.24, 2.45) is 16.7 Å². The maximum absolute atomic E-state index is 16.6. The second-order valence-corrected chi connectivity index (χ2v) is 33.9. The van der Waals surface area contributed by atoms with Crippen molar-refractivity contribution >= 4 is 42.7 Å². The number of allylic oxidation sites excluding steroid dienone is 1. The van der Waals surface area contributed by atoms with Crippen LogP contribution in [-0.2, 0) is 57.3 Å². The molecule has 0 N–H and O–H groups in total. The first-order valence-corrected chi connectivity index (χ1v) is 31.7. The lowest BCUT2D eigenvalue weighted by atomic mass is 9.45. The lowest BCUT2D eigenvalue weighted by Gasteiger charge is -2.67. The van der Waals surface area contributed by atoms with Gasteiger partial charge in [-0.1, -0.05) is 106 Å². The Morgan fingerprint density at radius 1 is 0.778 bits per heavy atom. The number of hydrogen-bond acceptors (Lipinski definition) is 11. The van der Waals surface area contributed by atoms with Gasteiger partial charge in [0.1, 0.15) is 23.6 Å². The minimum absolute atomic E-state index is 0.0348. The van der Waals surface area contributed by atoms with Crippen molar-refractivity contribution in [3.05, 3.63) is 58.9 Å². The summed E-state index contributed by atoms with van der Waals surface area (Å²) in [7, 11) is -7.49. The van der Waals surface area contributed by atoms with E-state index in [1.54, 1.807) is 0 Å². The van der Waals surface area contributed by atoms with Crippen molar-refractivity contribution in [2.45, 2.75) is 206 Å². The molecule has 0 amide bonds. The first-order valence-electron chi connectivity index (χ1n) is 24.1. The van der Waals surface area contributed by atoms with Gasteiger partial charge in [-0.25, -0.2) is 0 Å². The molecule has 3 aliphatic carbocycles. The van der Waals surface area contributed by atoms with E-state index in [1.165, 1.54) is 13.8 Å². The average Bonchev–Trinajstić information content (AvgIpc) is 3.59. The Labute approximate surface area is 381 Å². The molecule has 2 saturated heterocycles. The Balaban J connectivity index is 1.82. The molecule has 11 nitrogen and oxygen atoms in total. The highest BCUT2D eigenvalue weighted by atomic mass is 28.4. The lowest BCUT2D eigenvalue weighted by Crippen LogP contribution is -2.81. The van der Waals surface area contributed by atoms with Crippen molar-refractivity contribution in [1.82, 2.24) is 0 Å². The summed E-state index contributed by atoms with van der Waals surface area (Å²) in [6.45, 7) is 30.5. The molecular weight excluding hydrogens is 849 g/mol. The molecular formula is C49H78O11Si3. The molecule has 0 radical (unpaired) electrons. The highest BCUT2D eigenvalue weighted by molar-refractivity contribution is 6.74. The van der Waals surface area contributed by atoms with E-state index in [1.807, 2.05) is 44.2 Å². The summed E-state index contributed by atoms with van der Waals surface area (Å²) < 4.78 is 58.1. The first kappa shape index (κ1) is 50.0. The van der Waals surface area contributed by atoms with Gasteiger partial charge in [-0.15, -0.1) is 0 Å². The Morgan fingerprint density at radius 2 is 1.33 bits per heavy atom. The number of ether oxygens (including phenoxy) is 5. The zero-order chi connectivity index (χ0) is 46.6. The molecule has 9 atom stereocenters.